The average molecular weight is 433 g/mol. The van der Waals surface area contributed by atoms with E-state index in [4.69, 9.17) is 9.05 Å². The monoisotopic (exact) mass is 432 g/mol. The third-order valence-corrected chi connectivity index (χ3v) is 7.64. The summed E-state index contributed by atoms with van der Waals surface area (Å²) >= 11 is 0. The summed E-state index contributed by atoms with van der Waals surface area (Å²) in [7, 11) is -3.55. The van der Waals surface area contributed by atoms with Crippen LogP contribution >= 0.6 is 7.60 Å². The second kappa shape index (κ2) is 12.3. The lowest BCUT2D eigenvalue weighted by Crippen LogP contribution is -2.10. The van der Waals surface area contributed by atoms with Crippen LogP contribution in [-0.2, 0) is 26.5 Å². The van der Waals surface area contributed by atoms with Gasteiger partial charge in [0.25, 0.3) is 0 Å². The predicted octanol–water partition coefficient (Wildman–Crippen LogP) is 7.43. The van der Waals surface area contributed by atoms with Crippen LogP contribution in [0.5, 0.6) is 5.75 Å². The third kappa shape index (κ3) is 6.44. The van der Waals surface area contributed by atoms with Crippen molar-refractivity contribution in [1.29, 1.82) is 0 Å². The van der Waals surface area contributed by atoms with Crippen LogP contribution in [0.4, 0.5) is 0 Å². The molecule has 0 spiro atoms. The fourth-order valence-corrected chi connectivity index (χ4v) is 5.96. The fraction of sp³-hybridized carbons (Fsp3) is 0.520. The van der Waals surface area contributed by atoms with Gasteiger partial charge in [0, 0.05) is 5.56 Å². The zero-order valence-corrected chi connectivity index (χ0v) is 19.8. The van der Waals surface area contributed by atoms with E-state index in [1.807, 2.05) is 26.0 Å². The molecule has 0 aliphatic rings. The van der Waals surface area contributed by atoms with Gasteiger partial charge in [-0.15, -0.1) is 0 Å². The van der Waals surface area contributed by atoms with Gasteiger partial charge in [-0.2, -0.15) is 0 Å². The second-order valence-corrected chi connectivity index (χ2v) is 9.74. The number of unbranched alkanes of at least 4 members (excludes halogenated alkanes) is 2. The molecular weight excluding hydrogens is 395 g/mol. The zero-order chi connectivity index (χ0) is 22.0. The summed E-state index contributed by atoms with van der Waals surface area (Å²) in [5, 5.41) is 10.6. The molecule has 0 radical (unpaired) electrons. The molecule has 0 aromatic heterocycles. The van der Waals surface area contributed by atoms with Crippen LogP contribution < -0.4 is 0 Å². The van der Waals surface area contributed by atoms with Crippen molar-refractivity contribution in [2.24, 2.45) is 0 Å². The molecule has 1 N–H and O–H groups in total. The van der Waals surface area contributed by atoms with E-state index in [0.29, 0.717) is 5.56 Å². The molecule has 0 bridgehead atoms. The third-order valence-electron chi connectivity index (χ3n) is 5.19. The lowest BCUT2D eigenvalue weighted by atomic mass is 9.95. The molecule has 0 heterocycles. The molecule has 0 aliphatic heterocycles. The molecule has 4 nitrogen and oxygen atoms in total. The molecule has 0 saturated carbocycles. The minimum absolute atomic E-state index is 0.108. The Bertz CT molecular complexity index is 797. The second-order valence-electron chi connectivity index (χ2n) is 7.63. The Hall–Kier alpha value is -1.61. The Morgan fingerprint density at radius 1 is 0.867 bits per heavy atom. The van der Waals surface area contributed by atoms with E-state index < -0.39 is 13.3 Å². The summed E-state index contributed by atoms with van der Waals surface area (Å²) in [6, 6.07) is 13.6. The van der Waals surface area contributed by atoms with Crippen LogP contribution in [0.25, 0.3) is 0 Å². The molecule has 0 aliphatic carbocycles. The van der Waals surface area contributed by atoms with Crippen molar-refractivity contribution in [3.63, 3.8) is 0 Å². The van der Waals surface area contributed by atoms with E-state index in [2.05, 4.69) is 32.0 Å². The van der Waals surface area contributed by atoms with Crippen molar-refractivity contribution in [3.8, 4) is 5.75 Å². The van der Waals surface area contributed by atoms with Crippen molar-refractivity contribution in [3.05, 3.63) is 64.7 Å². The van der Waals surface area contributed by atoms with Crippen LogP contribution in [0.2, 0.25) is 0 Å². The quantitative estimate of drug-likeness (QED) is 0.334. The van der Waals surface area contributed by atoms with Gasteiger partial charge in [0.2, 0.25) is 0 Å². The Balaban J connectivity index is 2.67. The van der Waals surface area contributed by atoms with Crippen molar-refractivity contribution in [1.82, 2.24) is 0 Å². The van der Waals surface area contributed by atoms with Crippen LogP contribution in [0.1, 0.15) is 81.3 Å². The molecule has 2 aromatic rings. The van der Waals surface area contributed by atoms with Crippen molar-refractivity contribution < 1.29 is 18.7 Å². The summed E-state index contributed by atoms with van der Waals surface area (Å²) in [5.41, 5.74) is 3.28. The predicted molar refractivity (Wildman–Crippen MR) is 124 cm³/mol. The lowest BCUT2D eigenvalue weighted by Gasteiger charge is -2.28. The Labute approximate surface area is 182 Å². The highest BCUT2D eigenvalue weighted by molar-refractivity contribution is 7.54. The summed E-state index contributed by atoms with van der Waals surface area (Å²) in [4.78, 5) is 0. The van der Waals surface area contributed by atoms with Gasteiger partial charge < -0.3 is 14.2 Å². The van der Waals surface area contributed by atoms with Crippen LogP contribution in [0.3, 0.4) is 0 Å². The number of phenols is 1. The molecule has 166 valence electrons. The number of rotatable bonds is 13. The standard InChI is InChI=1S/C25H37O4P/c1-5-9-13-20-17-21(14-10-6-2)19-22(18-20)25(23-15-11-12-16-24(23)26)30(27,28-7-3)29-8-4/h11-12,15-19,25-26H,5-10,13-14H2,1-4H3. The number of para-hydroxylation sites is 1. The highest BCUT2D eigenvalue weighted by Gasteiger charge is 2.39. The fourth-order valence-electron chi connectivity index (χ4n) is 3.80. The zero-order valence-electron chi connectivity index (χ0n) is 18.9. The number of aromatic hydroxyl groups is 1. The minimum atomic E-state index is -3.55. The molecule has 0 amide bonds. The first-order valence-corrected chi connectivity index (χ1v) is 12.9. The SMILES string of the molecule is CCCCc1cc(CCCC)cc(C(c2ccccc2O)P(=O)(OCC)OCC)c1. The molecule has 1 atom stereocenters. The molecule has 2 aromatic carbocycles. The number of aryl methyl sites for hydroxylation is 2. The topological polar surface area (TPSA) is 55.8 Å². The number of phenolic OH excluding ortho intramolecular Hbond substituents is 1. The van der Waals surface area contributed by atoms with E-state index in [1.54, 1.807) is 12.1 Å². The maximum Gasteiger partial charge on any atom is 0.342 e. The molecule has 0 saturated heterocycles. The largest absolute Gasteiger partial charge is 0.508 e. The number of hydrogen-bond donors (Lipinski definition) is 1. The van der Waals surface area contributed by atoms with Gasteiger partial charge in [-0.25, -0.2) is 0 Å². The molecule has 0 fully saturated rings. The highest BCUT2D eigenvalue weighted by Crippen LogP contribution is 2.64. The summed E-state index contributed by atoms with van der Waals surface area (Å²) in [5.74, 6) is 0.108. The van der Waals surface area contributed by atoms with E-state index in [1.165, 1.54) is 11.1 Å². The van der Waals surface area contributed by atoms with Gasteiger partial charge >= 0.3 is 7.60 Å². The van der Waals surface area contributed by atoms with E-state index >= 15 is 0 Å². The van der Waals surface area contributed by atoms with E-state index in [0.717, 1.165) is 44.1 Å². The van der Waals surface area contributed by atoms with Crippen molar-refractivity contribution in [2.75, 3.05) is 13.2 Å². The first kappa shape index (κ1) is 24.7. The molecule has 1 unspecified atom stereocenters. The number of benzene rings is 2. The molecular formula is C25H37O4P. The van der Waals surface area contributed by atoms with E-state index in [9.17, 15) is 9.67 Å². The first-order valence-electron chi connectivity index (χ1n) is 11.3. The Kier molecular flexibility index (Phi) is 10.1. The maximum absolute atomic E-state index is 14.0. The van der Waals surface area contributed by atoms with Crippen LogP contribution in [0.15, 0.2) is 42.5 Å². The highest BCUT2D eigenvalue weighted by atomic mass is 31.2. The maximum atomic E-state index is 14.0. The van der Waals surface area contributed by atoms with Gasteiger partial charge in [0.05, 0.1) is 13.2 Å². The molecule has 5 heteroatoms. The first-order chi connectivity index (χ1) is 14.5. The summed E-state index contributed by atoms with van der Waals surface area (Å²) in [6.07, 6.45) is 6.40. The van der Waals surface area contributed by atoms with Crippen LogP contribution in [-0.4, -0.2) is 18.3 Å². The summed E-state index contributed by atoms with van der Waals surface area (Å²) < 4.78 is 25.5. The van der Waals surface area contributed by atoms with Gasteiger partial charge in [-0.05, 0) is 62.3 Å². The lowest BCUT2D eigenvalue weighted by molar-refractivity contribution is 0.214. The minimum Gasteiger partial charge on any atom is -0.508 e. The number of hydrogen-bond acceptors (Lipinski definition) is 4. The van der Waals surface area contributed by atoms with Gasteiger partial charge in [0.1, 0.15) is 11.4 Å². The average Bonchev–Trinajstić information content (AvgIpc) is 2.72. The van der Waals surface area contributed by atoms with Gasteiger partial charge in [0.15, 0.2) is 0 Å². The molecule has 2 rings (SSSR count). The summed E-state index contributed by atoms with van der Waals surface area (Å²) in [6.45, 7) is 8.56. The van der Waals surface area contributed by atoms with Crippen LogP contribution in [0, 0.1) is 0 Å². The Morgan fingerprint density at radius 3 is 1.87 bits per heavy atom. The van der Waals surface area contributed by atoms with E-state index in [-0.39, 0.29) is 19.0 Å². The van der Waals surface area contributed by atoms with Crippen molar-refractivity contribution >= 4 is 7.60 Å². The normalized spacial score (nSPS) is 12.8. The molecule has 30 heavy (non-hydrogen) atoms. The van der Waals surface area contributed by atoms with Gasteiger partial charge in [-0.3, -0.25) is 4.57 Å². The van der Waals surface area contributed by atoms with Crippen molar-refractivity contribution in [2.45, 2.75) is 71.9 Å². The Morgan fingerprint density at radius 2 is 1.40 bits per heavy atom. The van der Waals surface area contributed by atoms with Gasteiger partial charge in [-0.1, -0.05) is 63.1 Å². The smallest absolute Gasteiger partial charge is 0.342 e.